The Balaban J connectivity index is 0. The van der Waals surface area contributed by atoms with Crippen LogP contribution in [0.15, 0.2) is 18.2 Å². The summed E-state index contributed by atoms with van der Waals surface area (Å²) in [6.07, 6.45) is 1.43. The Morgan fingerprint density at radius 2 is 1.89 bits per heavy atom. The number of rotatable bonds is 5. The number of carbonyl (C=O) groups is 1. The van der Waals surface area contributed by atoms with Crippen molar-refractivity contribution >= 4 is 17.7 Å². The number of aldehydes is 1. The van der Waals surface area contributed by atoms with Crippen LogP contribution >= 0.6 is 0 Å². The third kappa shape index (κ3) is 7.68. The van der Waals surface area contributed by atoms with Gasteiger partial charge in [-0.1, -0.05) is 27.7 Å². The minimum absolute atomic E-state index is 0.152. The molecule has 18 heavy (non-hydrogen) atoms. The number of nitrogens with two attached hydrogens (primary N) is 1. The van der Waals surface area contributed by atoms with E-state index in [1.165, 1.54) is 0 Å². The van der Waals surface area contributed by atoms with Crippen LogP contribution in [0.5, 0.6) is 0 Å². The normalized spacial score (nSPS) is 8.28. The molecule has 4 heteroatoms. The lowest BCUT2D eigenvalue weighted by molar-refractivity contribution is 0.112. The second-order valence-corrected chi connectivity index (χ2v) is 2.97. The number of aliphatic hydroxyl groups is 1. The van der Waals surface area contributed by atoms with E-state index in [0.29, 0.717) is 24.2 Å². The second kappa shape index (κ2) is 13.5. The van der Waals surface area contributed by atoms with Crippen LogP contribution in [-0.4, -0.2) is 24.5 Å². The zero-order valence-electron chi connectivity index (χ0n) is 11.9. The molecule has 0 spiro atoms. The molecule has 1 rings (SSSR count). The number of hydrogen-bond acceptors (Lipinski definition) is 4. The van der Waals surface area contributed by atoms with Crippen molar-refractivity contribution in [3.63, 3.8) is 0 Å². The Kier molecular flexibility index (Phi) is 14.1. The third-order valence-corrected chi connectivity index (χ3v) is 1.86. The first-order valence-corrected chi connectivity index (χ1v) is 6.47. The van der Waals surface area contributed by atoms with E-state index in [9.17, 15) is 4.79 Å². The summed E-state index contributed by atoms with van der Waals surface area (Å²) >= 11 is 0. The molecule has 0 radical (unpaired) electrons. The van der Waals surface area contributed by atoms with Gasteiger partial charge < -0.3 is 16.2 Å². The van der Waals surface area contributed by atoms with Crippen molar-refractivity contribution in [3.8, 4) is 0 Å². The van der Waals surface area contributed by atoms with E-state index in [2.05, 4.69) is 5.32 Å². The fourth-order valence-electron chi connectivity index (χ4n) is 1.12. The summed E-state index contributed by atoms with van der Waals surface area (Å²) in [6, 6.07) is 5.08. The highest BCUT2D eigenvalue weighted by molar-refractivity contribution is 5.80. The molecule has 0 atom stereocenters. The molecule has 0 saturated heterocycles. The average Bonchev–Trinajstić information content (AvgIpc) is 2.45. The Bertz CT molecular complexity index is 315. The summed E-state index contributed by atoms with van der Waals surface area (Å²) < 4.78 is 0. The molecule has 4 N–H and O–H groups in total. The van der Waals surface area contributed by atoms with Crippen molar-refractivity contribution in [2.75, 3.05) is 24.2 Å². The van der Waals surface area contributed by atoms with Crippen molar-refractivity contribution < 1.29 is 9.90 Å². The summed E-state index contributed by atoms with van der Waals surface area (Å²) in [5.41, 5.74) is 7.60. The molecule has 4 nitrogen and oxygen atoms in total. The van der Waals surface area contributed by atoms with Crippen molar-refractivity contribution in [1.82, 2.24) is 0 Å². The molecule has 0 aliphatic heterocycles. The minimum Gasteiger partial charge on any atom is -0.397 e. The van der Waals surface area contributed by atoms with Gasteiger partial charge in [0, 0.05) is 18.7 Å². The van der Waals surface area contributed by atoms with Crippen LogP contribution < -0.4 is 11.1 Å². The van der Waals surface area contributed by atoms with E-state index < -0.39 is 0 Å². The topological polar surface area (TPSA) is 75.4 Å². The molecule has 0 heterocycles. The highest BCUT2D eigenvalue weighted by Crippen LogP contribution is 2.18. The molecule has 0 aliphatic rings. The van der Waals surface area contributed by atoms with Gasteiger partial charge in [-0.05, 0) is 24.6 Å². The average molecular weight is 254 g/mol. The van der Waals surface area contributed by atoms with E-state index in [-0.39, 0.29) is 6.61 Å². The molecule has 1 aromatic rings. The van der Waals surface area contributed by atoms with Crippen LogP contribution in [0.4, 0.5) is 11.4 Å². The van der Waals surface area contributed by atoms with Crippen LogP contribution in [0, 0.1) is 0 Å². The lowest BCUT2D eigenvalue weighted by Gasteiger charge is -2.08. The first-order valence-electron chi connectivity index (χ1n) is 6.47. The zero-order valence-corrected chi connectivity index (χ0v) is 11.9. The van der Waals surface area contributed by atoms with Crippen LogP contribution in [0.2, 0.25) is 0 Å². The highest BCUT2D eigenvalue weighted by atomic mass is 16.3. The number of hydrogen-bond donors (Lipinski definition) is 3. The van der Waals surface area contributed by atoms with Gasteiger partial charge in [0.2, 0.25) is 0 Å². The molecule has 1 aromatic carbocycles. The second-order valence-electron chi connectivity index (χ2n) is 2.97. The zero-order chi connectivity index (χ0) is 14.4. The van der Waals surface area contributed by atoms with E-state index in [0.717, 1.165) is 12.0 Å². The Morgan fingerprint density at radius 1 is 1.28 bits per heavy atom. The molecule has 0 aliphatic carbocycles. The predicted molar refractivity (Wildman–Crippen MR) is 79.1 cm³/mol. The van der Waals surface area contributed by atoms with Gasteiger partial charge in [-0.3, -0.25) is 4.79 Å². The van der Waals surface area contributed by atoms with E-state index in [1.54, 1.807) is 18.2 Å². The number of anilines is 2. The Labute approximate surface area is 110 Å². The number of benzene rings is 1. The smallest absolute Gasteiger partial charge is 0.150 e. The highest BCUT2D eigenvalue weighted by Gasteiger charge is 1.98. The van der Waals surface area contributed by atoms with Crippen molar-refractivity contribution in [1.29, 1.82) is 0 Å². The quantitative estimate of drug-likeness (QED) is 0.429. The van der Waals surface area contributed by atoms with Gasteiger partial charge in [0.05, 0.1) is 11.4 Å². The summed E-state index contributed by atoms with van der Waals surface area (Å²) in [5, 5.41) is 11.6. The molecule has 0 unspecified atom stereocenters. The van der Waals surface area contributed by atoms with Gasteiger partial charge >= 0.3 is 0 Å². The lowest BCUT2D eigenvalue weighted by Crippen LogP contribution is -2.05. The lowest BCUT2D eigenvalue weighted by atomic mass is 10.2. The van der Waals surface area contributed by atoms with Gasteiger partial charge in [-0.15, -0.1) is 0 Å². The molecule has 104 valence electrons. The Hall–Kier alpha value is -1.55. The van der Waals surface area contributed by atoms with Crippen LogP contribution in [0.1, 0.15) is 44.5 Å². The van der Waals surface area contributed by atoms with E-state index in [1.807, 2.05) is 27.7 Å². The fourth-order valence-corrected chi connectivity index (χ4v) is 1.12. The molecule has 0 aromatic heterocycles. The van der Waals surface area contributed by atoms with Crippen LogP contribution in [0.25, 0.3) is 0 Å². The minimum atomic E-state index is 0.152. The molecule has 0 amide bonds. The number of aliphatic hydroxyl groups excluding tert-OH is 1. The van der Waals surface area contributed by atoms with Crippen molar-refractivity contribution in [3.05, 3.63) is 23.8 Å². The van der Waals surface area contributed by atoms with Crippen molar-refractivity contribution in [2.45, 2.75) is 34.1 Å². The van der Waals surface area contributed by atoms with Gasteiger partial charge in [-0.25, -0.2) is 0 Å². The van der Waals surface area contributed by atoms with Gasteiger partial charge in [-0.2, -0.15) is 0 Å². The first kappa shape index (κ1) is 18.8. The number of carbonyl (C=O) groups excluding carboxylic acids is 1. The van der Waals surface area contributed by atoms with E-state index in [4.69, 9.17) is 10.8 Å². The molecule has 0 bridgehead atoms. The SMILES string of the molecule is CC.CC.Nc1cc(C=O)ccc1NCCCO. The molecule has 0 fully saturated rings. The van der Waals surface area contributed by atoms with Crippen LogP contribution in [-0.2, 0) is 0 Å². The number of nitrogens with one attached hydrogen (secondary N) is 1. The van der Waals surface area contributed by atoms with Gasteiger partial charge in [0.1, 0.15) is 6.29 Å². The van der Waals surface area contributed by atoms with E-state index >= 15 is 0 Å². The number of nitrogen functional groups attached to an aromatic ring is 1. The van der Waals surface area contributed by atoms with Crippen LogP contribution in [0.3, 0.4) is 0 Å². The maximum Gasteiger partial charge on any atom is 0.150 e. The third-order valence-electron chi connectivity index (χ3n) is 1.86. The fraction of sp³-hybridized carbons (Fsp3) is 0.500. The summed E-state index contributed by atoms with van der Waals surface area (Å²) in [6.45, 7) is 8.82. The first-order chi connectivity index (χ1) is 8.77. The molecule has 0 saturated carbocycles. The van der Waals surface area contributed by atoms with Gasteiger partial charge in [0.15, 0.2) is 0 Å². The largest absolute Gasteiger partial charge is 0.397 e. The predicted octanol–water partition coefficient (Wildman–Crippen LogP) is 2.93. The monoisotopic (exact) mass is 254 g/mol. The summed E-state index contributed by atoms with van der Waals surface area (Å²) in [5.74, 6) is 0. The maximum absolute atomic E-state index is 10.4. The summed E-state index contributed by atoms with van der Waals surface area (Å²) in [7, 11) is 0. The van der Waals surface area contributed by atoms with Gasteiger partial charge in [0.25, 0.3) is 0 Å². The molecular formula is C14H26N2O2. The molecular weight excluding hydrogens is 228 g/mol. The standard InChI is InChI=1S/C10H14N2O2.2C2H6/c11-9-6-8(7-14)2-3-10(9)12-4-1-5-13;2*1-2/h2-3,6-7,12-13H,1,4-5,11H2;2*1-2H3. The maximum atomic E-state index is 10.4. The Morgan fingerprint density at radius 3 is 2.33 bits per heavy atom. The summed E-state index contributed by atoms with van der Waals surface area (Å²) in [4.78, 5) is 10.4. The van der Waals surface area contributed by atoms with Crippen molar-refractivity contribution in [2.24, 2.45) is 0 Å².